The van der Waals surface area contributed by atoms with Crippen LogP contribution < -0.4 is 14.8 Å². The van der Waals surface area contributed by atoms with Crippen LogP contribution in [0.5, 0.6) is 17.4 Å². The van der Waals surface area contributed by atoms with Crippen molar-refractivity contribution in [2.75, 3.05) is 25.1 Å². The number of carbonyl (C=O) groups is 2. The van der Waals surface area contributed by atoms with Gasteiger partial charge in [-0.2, -0.15) is 14.9 Å². The normalized spacial score (nSPS) is 11.8. The fourth-order valence-electron chi connectivity index (χ4n) is 9.08. The zero-order valence-corrected chi connectivity index (χ0v) is 41.1. The second kappa shape index (κ2) is 23.2. The van der Waals surface area contributed by atoms with E-state index in [-0.39, 0.29) is 12.3 Å². The standard InChI is InChI=1S/C31H29N3O3.C31H26N2O4/c1-2-37-31-29(22-12-5-3-6-13-22)30(23-14-7-4-8-15-23)33-34(31)27-19-10-9-18-26(27)24-16-11-17-25(20-24)32-21-28(35)36;1-2-27-30(21-9-4-3-5-10-21)31(22-15-17-24(34)18-16-22)32-33(27)28-14-7-6-13-26(28)23-11-8-12-25(19-23)37-20-29(35)36/h4-5,7-20,32H,2-3,6,21H2,1H3,(H,35,36);3-19,34H,2,20H2,1H3,(H,35,36). The Kier molecular flexibility index (Phi) is 15.5. The van der Waals surface area contributed by atoms with Gasteiger partial charge in [-0.3, -0.25) is 4.79 Å². The smallest absolute Gasteiger partial charge is 0.341 e. The van der Waals surface area contributed by atoms with Gasteiger partial charge >= 0.3 is 11.9 Å². The van der Waals surface area contributed by atoms with Gasteiger partial charge in [-0.15, -0.1) is 0 Å². The van der Waals surface area contributed by atoms with Crippen LogP contribution in [0.3, 0.4) is 0 Å². The van der Waals surface area contributed by atoms with Gasteiger partial charge in [0, 0.05) is 33.5 Å². The van der Waals surface area contributed by atoms with Crippen LogP contribution >= 0.6 is 0 Å². The molecule has 12 heteroatoms. The van der Waals surface area contributed by atoms with Crippen molar-refractivity contribution in [3.05, 3.63) is 211 Å². The van der Waals surface area contributed by atoms with E-state index in [1.807, 2.05) is 156 Å². The number of rotatable bonds is 17. The monoisotopic (exact) mass is 981 g/mol. The lowest BCUT2D eigenvalue weighted by atomic mass is 9.96. The lowest BCUT2D eigenvalue weighted by Crippen LogP contribution is -2.12. The number of carboxylic acids is 2. The van der Waals surface area contributed by atoms with E-state index in [4.69, 9.17) is 29.9 Å². The third-order valence-electron chi connectivity index (χ3n) is 12.4. The van der Waals surface area contributed by atoms with Crippen LogP contribution in [0.2, 0.25) is 0 Å². The Balaban J connectivity index is 0.000000182. The van der Waals surface area contributed by atoms with Gasteiger partial charge in [0.05, 0.1) is 29.2 Å². The fourth-order valence-corrected chi connectivity index (χ4v) is 9.08. The van der Waals surface area contributed by atoms with Crippen LogP contribution in [-0.4, -0.2) is 66.6 Å². The third-order valence-corrected chi connectivity index (χ3v) is 12.4. The van der Waals surface area contributed by atoms with Crippen molar-refractivity contribution in [3.8, 4) is 84.6 Å². The van der Waals surface area contributed by atoms with Crippen LogP contribution in [0.25, 0.3) is 72.8 Å². The first-order valence-corrected chi connectivity index (χ1v) is 24.6. The number of nitrogens with one attached hydrogen (secondary N) is 1. The summed E-state index contributed by atoms with van der Waals surface area (Å²) in [7, 11) is 0. The largest absolute Gasteiger partial charge is 0.508 e. The molecule has 0 unspecified atom stereocenters. The molecule has 0 saturated heterocycles. The van der Waals surface area contributed by atoms with E-state index < -0.39 is 18.5 Å². The molecule has 0 atom stereocenters. The number of hydrogen-bond acceptors (Lipinski definition) is 8. The zero-order chi connectivity index (χ0) is 51.4. The summed E-state index contributed by atoms with van der Waals surface area (Å²) in [5, 5.41) is 41.1. The van der Waals surface area contributed by atoms with Crippen molar-refractivity contribution in [1.82, 2.24) is 19.6 Å². The molecular weight excluding hydrogens is 927 g/mol. The van der Waals surface area contributed by atoms with Crippen molar-refractivity contribution >= 4 is 23.2 Å². The summed E-state index contributed by atoms with van der Waals surface area (Å²) in [5.41, 5.74) is 15.1. The van der Waals surface area contributed by atoms with Gasteiger partial charge in [0.25, 0.3) is 0 Å². The Labute approximate surface area is 429 Å². The Morgan fingerprint density at radius 2 is 1.16 bits per heavy atom. The van der Waals surface area contributed by atoms with Crippen molar-refractivity contribution < 1.29 is 34.4 Å². The number of para-hydroxylation sites is 2. The summed E-state index contributed by atoms with van der Waals surface area (Å²) < 4.78 is 15.6. The van der Waals surface area contributed by atoms with Gasteiger partial charge in [0.1, 0.15) is 29.4 Å². The van der Waals surface area contributed by atoms with Crippen molar-refractivity contribution in [3.63, 3.8) is 0 Å². The number of aliphatic carboxylic acids is 2. The Morgan fingerprint density at radius 3 is 1.80 bits per heavy atom. The van der Waals surface area contributed by atoms with Crippen LogP contribution in [0.4, 0.5) is 5.69 Å². The Bertz CT molecular complexity index is 3470. The number of allylic oxidation sites excluding steroid dienone is 4. The maximum atomic E-state index is 11.1. The highest BCUT2D eigenvalue weighted by Gasteiger charge is 2.26. The number of hydrogen-bond donors (Lipinski definition) is 4. The van der Waals surface area contributed by atoms with Crippen LogP contribution in [0.15, 0.2) is 200 Å². The number of phenols is 1. The van der Waals surface area contributed by atoms with Gasteiger partial charge in [0.15, 0.2) is 6.61 Å². The molecule has 0 aliphatic heterocycles. The third kappa shape index (κ3) is 11.2. The quantitative estimate of drug-likeness (QED) is 0.0691. The summed E-state index contributed by atoms with van der Waals surface area (Å²) in [5.74, 6) is -0.538. The maximum Gasteiger partial charge on any atom is 0.341 e. The molecule has 7 aromatic carbocycles. The highest BCUT2D eigenvalue weighted by molar-refractivity contribution is 5.89. The summed E-state index contributed by atoms with van der Waals surface area (Å²) in [6.07, 6.45) is 9.34. The number of anilines is 1. The molecule has 10 rings (SSSR count). The highest BCUT2D eigenvalue weighted by atomic mass is 16.5. The van der Waals surface area contributed by atoms with Crippen LogP contribution in [0.1, 0.15) is 37.9 Å². The number of aromatic nitrogens is 4. The topological polar surface area (TPSA) is 161 Å². The van der Waals surface area contributed by atoms with Gasteiger partial charge in [-0.1, -0.05) is 146 Å². The average molecular weight is 982 g/mol. The molecule has 4 N–H and O–H groups in total. The van der Waals surface area contributed by atoms with E-state index in [0.29, 0.717) is 18.2 Å². The minimum atomic E-state index is -1.02. The molecule has 12 nitrogen and oxygen atoms in total. The van der Waals surface area contributed by atoms with Gasteiger partial charge in [0.2, 0.25) is 5.88 Å². The molecule has 0 fully saturated rings. The number of phenolic OH excluding ortho intramolecular Hbond substituents is 1. The minimum absolute atomic E-state index is 0.148. The van der Waals surface area contributed by atoms with Gasteiger partial charge in [-0.05, 0) is 109 Å². The van der Waals surface area contributed by atoms with Gasteiger partial charge in [-0.25, -0.2) is 9.48 Å². The first-order chi connectivity index (χ1) is 36.2. The summed E-state index contributed by atoms with van der Waals surface area (Å²) in [6, 6.07) is 58.7. The Morgan fingerprint density at radius 1 is 0.581 bits per heavy atom. The molecule has 0 amide bonds. The molecule has 2 aromatic heterocycles. The first-order valence-electron chi connectivity index (χ1n) is 24.6. The summed E-state index contributed by atoms with van der Waals surface area (Å²) >= 11 is 0. The second-order valence-corrected chi connectivity index (χ2v) is 17.3. The number of ether oxygens (including phenoxy) is 2. The van der Waals surface area contributed by atoms with E-state index in [1.54, 1.807) is 18.2 Å². The van der Waals surface area contributed by atoms with E-state index in [2.05, 4.69) is 54.7 Å². The summed E-state index contributed by atoms with van der Waals surface area (Å²) in [4.78, 5) is 22.0. The van der Waals surface area contributed by atoms with E-state index in [9.17, 15) is 14.7 Å². The van der Waals surface area contributed by atoms with Gasteiger partial charge < -0.3 is 30.1 Å². The van der Waals surface area contributed by atoms with Crippen molar-refractivity contribution in [2.24, 2.45) is 0 Å². The predicted octanol–water partition coefficient (Wildman–Crippen LogP) is 13.4. The zero-order valence-electron chi connectivity index (χ0n) is 41.1. The lowest BCUT2D eigenvalue weighted by molar-refractivity contribution is -0.139. The van der Waals surface area contributed by atoms with Crippen molar-refractivity contribution in [2.45, 2.75) is 33.1 Å². The molecule has 0 radical (unpaired) electrons. The number of nitrogens with zero attached hydrogens (tertiary/aromatic N) is 4. The second-order valence-electron chi connectivity index (χ2n) is 17.3. The Hall–Kier alpha value is -9.42. The predicted molar refractivity (Wildman–Crippen MR) is 292 cm³/mol. The first kappa shape index (κ1) is 49.6. The van der Waals surface area contributed by atoms with Crippen LogP contribution in [0, 0.1) is 0 Å². The summed E-state index contributed by atoms with van der Waals surface area (Å²) in [6.45, 7) is 4.05. The molecule has 0 bridgehead atoms. The SMILES string of the molecule is CCOc1c(C2=CCCC=C2)c(-c2ccccc2)nn1-c1ccccc1-c1cccc(NCC(=O)O)c1.CCc1c(-c2ccccc2)c(-c2ccc(O)cc2)nn1-c1ccccc1-c1cccc(OCC(=O)O)c1. The molecule has 0 spiro atoms. The lowest BCUT2D eigenvalue weighted by Gasteiger charge is -2.15. The molecule has 1 aliphatic carbocycles. The highest BCUT2D eigenvalue weighted by Crippen LogP contribution is 2.42. The van der Waals surface area contributed by atoms with Crippen molar-refractivity contribution in [1.29, 1.82) is 0 Å². The molecule has 0 saturated carbocycles. The molecule has 370 valence electrons. The average Bonchev–Trinajstić information content (AvgIpc) is 4.03. The number of carboxylic acid groups (broad SMARTS) is 2. The molecular formula is C62H55N5O7. The molecule has 1 aliphatic rings. The maximum absolute atomic E-state index is 11.1. The number of benzene rings is 7. The molecule has 9 aromatic rings. The molecule has 2 heterocycles. The van der Waals surface area contributed by atoms with Crippen LogP contribution in [-0.2, 0) is 16.0 Å². The minimum Gasteiger partial charge on any atom is -0.508 e. The fraction of sp³-hybridized carbons (Fsp3) is 0.129. The van der Waals surface area contributed by atoms with E-state index in [0.717, 1.165) is 109 Å². The molecule has 74 heavy (non-hydrogen) atoms. The number of aromatic hydroxyl groups is 1. The van der Waals surface area contributed by atoms with E-state index >= 15 is 0 Å². The van der Waals surface area contributed by atoms with E-state index in [1.165, 1.54) is 0 Å².